The molecule has 0 unspecified atom stereocenters. The Morgan fingerprint density at radius 3 is 2.81 bits per heavy atom. The molecule has 0 spiro atoms. The molecule has 2 rings (SSSR count). The van der Waals surface area contributed by atoms with Crippen LogP contribution in [0.1, 0.15) is 43.9 Å². The van der Waals surface area contributed by atoms with Crippen LogP contribution < -0.4 is 5.32 Å². The lowest BCUT2D eigenvalue weighted by molar-refractivity contribution is 0.124. The van der Waals surface area contributed by atoms with Gasteiger partial charge in [0.25, 0.3) is 0 Å². The number of nitrogens with zero attached hydrogens (tertiary/aromatic N) is 1. The van der Waals surface area contributed by atoms with Crippen LogP contribution in [0.2, 0.25) is 0 Å². The molecule has 0 saturated heterocycles. The Labute approximate surface area is 98.5 Å². The highest BCUT2D eigenvalue weighted by Crippen LogP contribution is 2.43. The first-order valence-electron chi connectivity index (χ1n) is 6.37. The van der Waals surface area contributed by atoms with Crippen molar-refractivity contribution in [2.45, 2.75) is 46.1 Å². The molecule has 0 bridgehead atoms. The Morgan fingerprint density at radius 1 is 1.44 bits per heavy atom. The molecule has 1 aromatic heterocycles. The van der Waals surface area contributed by atoms with Crippen molar-refractivity contribution >= 4 is 0 Å². The van der Waals surface area contributed by atoms with E-state index in [9.17, 15) is 0 Å². The first-order chi connectivity index (χ1) is 7.76. The van der Waals surface area contributed by atoms with Gasteiger partial charge in [-0.3, -0.25) is 4.98 Å². The van der Waals surface area contributed by atoms with Crippen molar-refractivity contribution in [3.05, 3.63) is 29.6 Å². The molecule has 0 atom stereocenters. The second kappa shape index (κ2) is 4.96. The third kappa shape index (κ3) is 2.43. The highest BCUT2D eigenvalue weighted by Gasteiger charge is 2.34. The van der Waals surface area contributed by atoms with E-state index in [2.05, 4.69) is 30.2 Å². The van der Waals surface area contributed by atoms with Crippen LogP contribution in [0.4, 0.5) is 0 Å². The van der Waals surface area contributed by atoms with Gasteiger partial charge in [-0.2, -0.15) is 0 Å². The average Bonchev–Trinajstić information content (AvgIpc) is 2.25. The minimum Gasteiger partial charge on any atom is -0.312 e. The van der Waals surface area contributed by atoms with Gasteiger partial charge in [0, 0.05) is 25.0 Å². The molecule has 2 heteroatoms. The van der Waals surface area contributed by atoms with E-state index in [1.165, 1.54) is 31.2 Å². The summed E-state index contributed by atoms with van der Waals surface area (Å²) in [5.74, 6) is 0. The SMILES string of the molecule is CCC1(CNCc2cccnc2C)CCC1. The lowest BCUT2D eigenvalue weighted by atomic mass is 9.67. The lowest BCUT2D eigenvalue weighted by Crippen LogP contribution is -2.39. The second-order valence-electron chi connectivity index (χ2n) is 5.06. The summed E-state index contributed by atoms with van der Waals surface area (Å²) in [5.41, 5.74) is 3.08. The van der Waals surface area contributed by atoms with Crippen molar-refractivity contribution in [1.82, 2.24) is 10.3 Å². The van der Waals surface area contributed by atoms with E-state index in [1.807, 2.05) is 12.3 Å². The van der Waals surface area contributed by atoms with Crippen LogP contribution in [0.5, 0.6) is 0 Å². The summed E-state index contributed by atoms with van der Waals surface area (Å²) in [5, 5.41) is 3.60. The predicted molar refractivity (Wildman–Crippen MR) is 67.3 cm³/mol. The van der Waals surface area contributed by atoms with Crippen LogP contribution >= 0.6 is 0 Å². The van der Waals surface area contributed by atoms with Gasteiger partial charge in [-0.05, 0) is 43.2 Å². The molecule has 1 saturated carbocycles. The van der Waals surface area contributed by atoms with Gasteiger partial charge >= 0.3 is 0 Å². The number of nitrogens with one attached hydrogen (secondary N) is 1. The van der Waals surface area contributed by atoms with Crippen molar-refractivity contribution in [3.8, 4) is 0 Å². The standard InChI is InChI=1S/C14H22N2/c1-3-14(7-5-8-14)11-15-10-13-6-4-9-16-12(13)2/h4,6,9,15H,3,5,7-8,10-11H2,1-2H3. The predicted octanol–water partition coefficient (Wildman–Crippen LogP) is 3.06. The van der Waals surface area contributed by atoms with Crippen LogP contribution in [-0.2, 0) is 6.54 Å². The summed E-state index contributed by atoms with van der Waals surface area (Å²) in [4.78, 5) is 4.31. The highest BCUT2D eigenvalue weighted by atomic mass is 14.9. The first-order valence-corrected chi connectivity index (χ1v) is 6.37. The molecular weight excluding hydrogens is 196 g/mol. The van der Waals surface area contributed by atoms with Crippen LogP contribution in [0, 0.1) is 12.3 Å². The smallest absolute Gasteiger partial charge is 0.0417 e. The molecule has 0 aliphatic heterocycles. The molecule has 88 valence electrons. The molecular formula is C14H22N2. The number of hydrogen-bond donors (Lipinski definition) is 1. The molecule has 0 aromatic carbocycles. The minimum atomic E-state index is 0.607. The van der Waals surface area contributed by atoms with Gasteiger partial charge in [-0.25, -0.2) is 0 Å². The maximum atomic E-state index is 4.31. The van der Waals surface area contributed by atoms with Crippen LogP contribution in [0.3, 0.4) is 0 Å². The topological polar surface area (TPSA) is 24.9 Å². The van der Waals surface area contributed by atoms with Crippen molar-refractivity contribution in [3.63, 3.8) is 0 Å². The number of hydrogen-bond acceptors (Lipinski definition) is 2. The van der Waals surface area contributed by atoms with Gasteiger partial charge < -0.3 is 5.32 Å². The molecule has 1 fully saturated rings. The fourth-order valence-electron chi connectivity index (χ4n) is 2.50. The van der Waals surface area contributed by atoms with Crippen molar-refractivity contribution < 1.29 is 0 Å². The normalized spacial score (nSPS) is 18.1. The van der Waals surface area contributed by atoms with Gasteiger partial charge in [-0.1, -0.05) is 19.4 Å². The maximum absolute atomic E-state index is 4.31. The second-order valence-corrected chi connectivity index (χ2v) is 5.06. The van der Waals surface area contributed by atoms with E-state index in [4.69, 9.17) is 0 Å². The summed E-state index contributed by atoms with van der Waals surface area (Å²) in [6, 6.07) is 4.18. The maximum Gasteiger partial charge on any atom is 0.0417 e. The Bertz CT molecular complexity index is 337. The highest BCUT2D eigenvalue weighted by molar-refractivity contribution is 5.17. The summed E-state index contributed by atoms with van der Waals surface area (Å²) in [7, 11) is 0. The van der Waals surface area contributed by atoms with Gasteiger partial charge in [0.2, 0.25) is 0 Å². The average molecular weight is 218 g/mol. The molecule has 1 aliphatic rings. The number of rotatable bonds is 5. The van der Waals surface area contributed by atoms with Gasteiger partial charge in [-0.15, -0.1) is 0 Å². The molecule has 1 aliphatic carbocycles. The molecule has 16 heavy (non-hydrogen) atoms. The fourth-order valence-corrected chi connectivity index (χ4v) is 2.50. The summed E-state index contributed by atoms with van der Waals surface area (Å²) < 4.78 is 0. The number of pyridine rings is 1. The molecule has 0 amide bonds. The quantitative estimate of drug-likeness (QED) is 0.821. The van der Waals surface area contributed by atoms with E-state index in [1.54, 1.807) is 0 Å². The van der Waals surface area contributed by atoms with E-state index in [0.29, 0.717) is 5.41 Å². The van der Waals surface area contributed by atoms with Gasteiger partial charge in [0.15, 0.2) is 0 Å². The Kier molecular flexibility index (Phi) is 3.59. The zero-order valence-electron chi connectivity index (χ0n) is 10.4. The van der Waals surface area contributed by atoms with Gasteiger partial charge in [0.1, 0.15) is 0 Å². The molecule has 1 N–H and O–H groups in total. The van der Waals surface area contributed by atoms with E-state index < -0.39 is 0 Å². The van der Waals surface area contributed by atoms with Crippen LogP contribution in [-0.4, -0.2) is 11.5 Å². The largest absolute Gasteiger partial charge is 0.312 e. The zero-order valence-corrected chi connectivity index (χ0v) is 10.4. The zero-order chi connectivity index (χ0) is 11.4. The molecule has 1 heterocycles. The Morgan fingerprint density at radius 2 is 2.25 bits per heavy atom. The van der Waals surface area contributed by atoms with Crippen LogP contribution in [0.15, 0.2) is 18.3 Å². The number of aromatic nitrogens is 1. The van der Waals surface area contributed by atoms with E-state index in [0.717, 1.165) is 18.8 Å². The van der Waals surface area contributed by atoms with Crippen molar-refractivity contribution in [1.29, 1.82) is 0 Å². The third-order valence-corrected chi connectivity index (χ3v) is 4.10. The minimum absolute atomic E-state index is 0.607. The molecule has 1 aromatic rings. The lowest BCUT2D eigenvalue weighted by Gasteiger charge is -2.41. The molecule has 2 nitrogen and oxygen atoms in total. The summed E-state index contributed by atoms with van der Waals surface area (Å²) >= 11 is 0. The van der Waals surface area contributed by atoms with E-state index >= 15 is 0 Å². The first kappa shape index (κ1) is 11.6. The van der Waals surface area contributed by atoms with Gasteiger partial charge in [0.05, 0.1) is 0 Å². The summed E-state index contributed by atoms with van der Waals surface area (Å²) in [6.45, 7) is 6.52. The third-order valence-electron chi connectivity index (χ3n) is 4.10. The Balaban J connectivity index is 1.82. The van der Waals surface area contributed by atoms with Crippen molar-refractivity contribution in [2.24, 2.45) is 5.41 Å². The fraction of sp³-hybridized carbons (Fsp3) is 0.643. The van der Waals surface area contributed by atoms with Crippen molar-refractivity contribution in [2.75, 3.05) is 6.54 Å². The van der Waals surface area contributed by atoms with Crippen LogP contribution in [0.25, 0.3) is 0 Å². The monoisotopic (exact) mass is 218 g/mol. The summed E-state index contributed by atoms with van der Waals surface area (Å²) in [6.07, 6.45) is 7.40. The Hall–Kier alpha value is -0.890. The van der Waals surface area contributed by atoms with E-state index in [-0.39, 0.29) is 0 Å². The number of aryl methyl sites for hydroxylation is 1. The molecule has 0 radical (unpaired) electrons.